The Hall–Kier alpha value is -3.20. The van der Waals surface area contributed by atoms with Gasteiger partial charge in [0.25, 0.3) is 0 Å². The lowest BCUT2D eigenvalue weighted by Gasteiger charge is -2.09. The van der Waals surface area contributed by atoms with Gasteiger partial charge in [-0.05, 0) is 24.3 Å². The largest absolute Gasteiger partial charge is 0.489 e. The first-order chi connectivity index (χ1) is 10.8. The Kier molecular flexibility index (Phi) is 3.79. The molecule has 0 aliphatic rings. The molecular weight excluding hydrogens is 283 g/mol. The molecule has 0 saturated heterocycles. The predicted molar refractivity (Wildman–Crippen MR) is 76.8 cm³/mol. The van der Waals surface area contributed by atoms with Crippen LogP contribution in [0.25, 0.3) is 5.69 Å². The SMILES string of the molecule is N#Cc1ccc(COc2cccc(-n3cncn3)c2)c(F)c1. The van der Waals surface area contributed by atoms with Gasteiger partial charge in [-0.1, -0.05) is 12.1 Å². The van der Waals surface area contributed by atoms with Gasteiger partial charge in [-0.15, -0.1) is 0 Å². The minimum absolute atomic E-state index is 0.0817. The molecule has 0 atom stereocenters. The number of halogens is 1. The molecule has 22 heavy (non-hydrogen) atoms. The molecule has 0 N–H and O–H groups in total. The normalized spacial score (nSPS) is 10.2. The van der Waals surface area contributed by atoms with Crippen LogP contribution in [0.5, 0.6) is 5.75 Å². The standard InChI is InChI=1S/C16H11FN4O/c17-16-6-12(8-18)4-5-13(16)9-22-15-3-1-2-14(7-15)21-11-19-10-20-21/h1-7,10-11H,9H2. The lowest BCUT2D eigenvalue weighted by molar-refractivity contribution is 0.299. The topological polar surface area (TPSA) is 63.7 Å². The van der Waals surface area contributed by atoms with Crippen molar-refractivity contribution in [2.45, 2.75) is 6.61 Å². The molecule has 6 heteroatoms. The van der Waals surface area contributed by atoms with E-state index in [1.54, 1.807) is 35.3 Å². The summed E-state index contributed by atoms with van der Waals surface area (Å²) >= 11 is 0. The molecule has 0 amide bonds. The zero-order chi connectivity index (χ0) is 15.4. The summed E-state index contributed by atoms with van der Waals surface area (Å²) in [5.41, 5.74) is 1.48. The molecule has 108 valence electrons. The highest BCUT2D eigenvalue weighted by Gasteiger charge is 2.05. The van der Waals surface area contributed by atoms with Gasteiger partial charge in [-0.25, -0.2) is 14.1 Å². The van der Waals surface area contributed by atoms with Crippen LogP contribution >= 0.6 is 0 Å². The van der Waals surface area contributed by atoms with Crippen molar-refractivity contribution in [2.75, 3.05) is 0 Å². The predicted octanol–water partition coefficient (Wildman–Crippen LogP) is 2.86. The molecule has 2 aromatic carbocycles. The van der Waals surface area contributed by atoms with Crippen molar-refractivity contribution in [2.24, 2.45) is 0 Å². The van der Waals surface area contributed by atoms with E-state index < -0.39 is 5.82 Å². The molecule has 0 aliphatic heterocycles. The van der Waals surface area contributed by atoms with Gasteiger partial charge < -0.3 is 4.74 Å². The van der Waals surface area contributed by atoms with Gasteiger partial charge in [0.2, 0.25) is 0 Å². The highest BCUT2D eigenvalue weighted by molar-refractivity contribution is 5.38. The van der Waals surface area contributed by atoms with Crippen molar-refractivity contribution in [3.05, 3.63) is 72.1 Å². The van der Waals surface area contributed by atoms with Crippen molar-refractivity contribution in [1.82, 2.24) is 14.8 Å². The van der Waals surface area contributed by atoms with Crippen molar-refractivity contribution in [3.63, 3.8) is 0 Å². The van der Waals surface area contributed by atoms with Gasteiger partial charge in [0.05, 0.1) is 17.3 Å². The summed E-state index contributed by atoms with van der Waals surface area (Å²) in [5, 5.41) is 12.8. The van der Waals surface area contributed by atoms with Crippen LogP contribution in [0.3, 0.4) is 0 Å². The third-order valence-corrected chi connectivity index (χ3v) is 3.08. The molecular formula is C16H11FN4O. The summed E-state index contributed by atoms with van der Waals surface area (Å²) in [6.07, 6.45) is 3.03. The number of ether oxygens (including phenoxy) is 1. The number of rotatable bonds is 4. The molecule has 1 aromatic heterocycles. The van der Waals surface area contributed by atoms with Crippen LogP contribution in [-0.4, -0.2) is 14.8 Å². The zero-order valence-electron chi connectivity index (χ0n) is 11.5. The number of hydrogen-bond acceptors (Lipinski definition) is 4. The first kappa shape index (κ1) is 13.8. The van der Waals surface area contributed by atoms with Crippen LogP contribution in [0.15, 0.2) is 55.1 Å². The maximum absolute atomic E-state index is 13.8. The summed E-state index contributed by atoms with van der Waals surface area (Å²) in [4.78, 5) is 3.88. The molecule has 3 aromatic rings. The molecule has 0 radical (unpaired) electrons. The summed E-state index contributed by atoms with van der Waals surface area (Å²) in [7, 11) is 0. The van der Waals surface area contributed by atoms with Crippen molar-refractivity contribution >= 4 is 0 Å². The average molecular weight is 294 g/mol. The third-order valence-electron chi connectivity index (χ3n) is 3.08. The fourth-order valence-corrected chi connectivity index (χ4v) is 1.95. The Labute approximate surface area is 126 Å². The van der Waals surface area contributed by atoms with Gasteiger partial charge in [0.15, 0.2) is 0 Å². The van der Waals surface area contributed by atoms with Gasteiger partial charge in [0, 0.05) is 11.6 Å². The number of nitrogens with zero attached hydrogens (tertiary/aromatic N) is 4. The number of nitriles is 1. The van der Waals surface area contributed by atoms with E-state index in [1.807, 2.05) is 18.2 Å². The van der Waals surface area contributed by atoms with Crippen LogP contribution in [0.4, 0.5) is 4.39 Å². The second-order valence-electron chi connectivity index (χ2n) is 4.54. The number of benzene rings is 2. The van der Waals surface area contributed by atoms with E-state index in [2.05, 4.69) is 10.1 Å². The smallest absolute Gasteiger partial charge is 0.138 e. The molecule has 3 rings (SSSR count). The molecule has 0 unspecified atom stereocenters. The van der Waals surface area contributed by atoms with Gasteiger partial charge in [0.1, 0.15) is 30.8 Å². The van der Waals surface area contributed by atoms with E-state index in [4.69, 9.17) is 10.00 Å². The first-order valence-corrected chi connectivity index (χ1v) is 6.52. The fraction of sp³-hybridized carbons (Fsp3) is 0.0625. The van der Waals surface area contributed by atoms with Crippen LogP contribution in [0, 0.1) is 17.1 Å². The summed E-state index contributed by atoms with van der Waals surface area (Å²) in [6.45, 7) is 0.0817. The quantitative estimate of drug-likeness (QED) is 0.742. The Balaban J connectivity index is 1.75. The molecule has 0 aliphatic carbocycles. The second-order valence-corrected chi connectivity index (χ2v) is 4.54. The molecule has 0 spiro atoms. The number of hydrogen-bond donors (Lipinski definition) is 0. The van der Waals surface area contributed by atoms with Crippen LogP contribution < -0.4 is 4.74 Å². The summed E-state index contributed by atoms with van der Waals surface area (Å²) in [6, 6.07) is 13.5. The van der Waals surface area contributed by atoms with Crippen molar-refractivity contribution < 1.29 is 9.13 Å². The van der Waals surface area contributed by atoms with Crippen molar-refractivity contribution in [1.29, 1.82) is 5.26 Å². The number of aromatic nitrogens is 3. The maximum Gasteiger partial charge on any atom is 0.138 e. The summed E-state index contributed by atoms with van der Waals surface area (Å²) < 4.78 is 21.0. The van der Waals surface area contributed by atoms with E-state index >= 15 is 0 Å². The fourth-order valence-electron chi connectivity index (χ4n) is 1.95. The lowest BCUT2D eigenvalue weighted by atomic mass is 10.1. The maximum atomic E-state index is 13.8. The average Bonchev–Trinajstić information content (AvgIpc) is 3.08. The van der Waals surface area contributed by atoms with E-state index in [-0.39, 0.29) is 12.2 Å². The molecule has 5 nitrogen and oxygen atoms in total. The van der Waals surface area contributed by atoms with Crippen molar-refractivity contribution in [3.8, 4) is 17.5 Å². The van der Waals surface area contributed by atoms with E-state index in [0.29, 0.717) is 11.3 Å². The lowest BCUT2D eigenvalue weighted by Crippen LogP contribution is -2.00. The third kappa shape index (κ3) is 2.94. The van der Waals surface area contributed by atoms with E-state index in [1.165, 1.54) is 12.4 Å². The molecule has 0 bridgehead atoms. The monoisotopic (exact) mass is 294 g/mol. The Morgan fingerprint density at radius 3 is 2.86 bits per heavy atom. The molecule has 0 fully saturated rings. The Morgan fingerprint density at radius 1 is 1.23 bits per heavy atom. The van der Waals surface area contributed by atoms with Crippen LogP contribution in [-0.2, 0) is 6.61 Å². The Morgan fingerprint density at radius 2 is 2.14 bits per heavy atom. The van der Waals surface area contributed by atoms with Crippen LogP contribution in [0.2, 0.25) is 0 Å². The van der Waals surface area contributed by atoms with E-state index in [9.17, 15) is 4.39 Å². The van der Waals surface area contributed by atoms with Gasteiger partial charge >= 0.3 is 0 Å². The Bertz CT molecular complexity index is 824. The first-order valence-electron chi connectivity index (χ1n) is 6.52. The minimum atomic E-state index is -0.452. The highest BCUT2D eigenvalue weighted by Crippen LogP contribution is 2.18. The minimum Gasteiger partial charge on any atom is -0.489 e. The molecule has 1 heterocycles. The zero-order valence-corrected chi connectivity index (χ0v) is 11.5. The van der Waals surface area contributed by atoms with Gasteiger partial charge in [-0.3, -0.25) is 0 Å². The summed E-state index contributed by atoms with van der Waals surface area (Å²) in [5.74, 6) is 0.142. The second kappa shape index (κ2) is 6.06. The van der Waals surface area contributed by atoms with Crippen LogP contribution in [0.1, 0.15) is 11.1 Å². The molecule has 0 saturated carbocycles. The van der Waals surface area contributed by atoms with Gasteiger partial charge in [-0.2, -0.15) is 10.4 Å². The van der Waals surface area contributed by atoms with E-state index in [0.717, 1.165) is 5.69 Å². The highest BCUT2D eigenvalue weighted by atomic mass is 19.1.